The van der Waals surface area contributed by atoms with Crippen molar-refractivity contribution in [2.45, 2.75) is 24.9 Å². The molecule has 6 atom stereocenters. The minimum atomic E-state index is -5.98. The van der Waals surface area contributed by atoms with Crippen LogP contribution in [0.2, 0.25) is 0 Å². The molecule has 0 bridgehead atoms. The molecule has 21 heteroatoms. The summed E-state index contributed by atoms with van der Waals surface area (Å²) in [5, 5.41) is 9.89. The molecule has 0 aliphatic carbocycles. The summed E-state index contributed by atoms with van der Waals surface area (Å²) in [5.74, 6) is 0. The zero-order valence-electron chi connectivity index (χ0n) is 15.4. The van der Waals surface area contributed by atoms with Gasteiger partial charge in [-0.2, -0.15) is 0 Å². The first kappa shape index (κ1) is 31.0. The average Bonchev–Trinajstić information content (AvgIpc) is 2.82. The number of ether oxygens (including phenoxy) is 1. The molecular formula is C9H13N2Na2O14P3. The Balaban J connectivity index is 0.00000420. The summed E-state index contributed by atoms with van der Waals surface area (Å²) in [6, 6.07) is 1.01. The van der Waals surface area contributed by atoms with Crippen molar-refractivity contribution >= 4 is 23.5 Å². The molecule has 6 unspecified atom stereocenters. The molecular weight excluding hydrogens is 499 g/mol. The fourth-order valence-corrected chi connectivity index (χ4v) is 5.08. The Hall–Kier alpha value is 1.01. The van der Waals surface area contributed by atoms with Gasteiger partial charge in [0.2, 0.25) is 0 Å². The third kappa shape index (κ3) is 9.87. The maximum Gasteiger partial charge on any atom is 1.00 e. The molecule has 1 aliphatic heterocycles. The van der Waals surface area contributed by atoms with Gasteiger partial charge in [-0.3, -0.25) is 28.0 Å². The quantitative estimate of drug-likeness (QED) is 0.187. The van der Waals surface area contributed by atoms with E-state index in [1.807, 2.05) is 4.98 Å². The van der Waals surface area contributed by atoms with Gasteiger partial charge in [-0.25, -0.2) is 18.0 Å². The van der Waals surface area contributed by atoms with E-state index in [-0.39, 0.29) is 65.5 Å². The van der Waals surface area contributed by atoms with Crippen molar-refractivity contribution in [1.82, 2.24) is 9.55 Å². The number of aromatic amines is 1. The van der Waals surface area contributed by atoms with Crippen LogP contribution < -0.4 is 80.2 Å². The second-order valence-corrected chi connectivity index (χ2v) is 9.63. The first-order valence-corrected chi connectivity index (χ1v) is 11.5. The number of aromatic nitrogens is 2. The molecule has 0 aromatic carbocycles. The smallest absolute Gasteiger partial charge is 0.756 e. The van der Waals surface area contributed by atoms with E-state index < -0.39 is 59.8 Å². The number of phosphoric ester groups is 1. The second kappa shape index (κ2) is 11.9. The molecule has 0 spiro atoms. The van der Waals surface area contributed by atoms with Crippen LogP contribution in [0.15, 0.2) is 21.9 Å². The van der Waals surface area contributed by atoms with Gasteiger partial charge in [0.05, 0.1) is 12.7 Å². The molecule has 1 saturated heterocycles. The Morgan fingerprint density at radius 2 is 1.80 bits per heavy atom. The third-order valence-electron chi connectivity index (χ3n) is 3.17. The number of nitrogens with one attached hydrogen (secondary N) is 1. The fraction of sp³-hybridized carbons (Fsp3) is 0.556. The maximum atomic E-state index is 11.7. The van der Waals surface area contributed by atoms with Crippen LogP contribution in [-0.2, 0) is 31.6 Å². The monoisotopic (exact) mass is 512 g/mol. The number of phosphoric acid groups is 3. The van der Waals surface area contributed by atoms with Crippen LogP contribution in [0.5, 0.6) is 0 Å². The van der Waals surface area contributed by atoms with Gasteiger partial charge in [0.1, 0.15) is 12.3 Å². The van der Waals surface area contributed by atoms with Gasteiger partial charge in [-0.1, -0.05) is 0 Å². The minimum Gasteiger partial charge on any atom is -0.756 e. The summed E-state index contributed by atoms with van der Waals surface area (Å²) in [6.07, 6.45) is -2.85. The summed E-state index contributed by atoms with van der Waals surface area (Å²) in [6.45, 7) is -0.919. The molecule has 160 valence electrons. The number of rotatable bonds is 8. The molecule has 0 saturated carbocycles. The maximum absolute atomic E-state index is 11.7. The predicted octanol–water partition coefficient (Wildman–Crippen LogP) is -8.73. The number of hydrogen-bond acceptors (Lipinski definition) is 12. The van der Waals surface area contributed by atoms with Crippen LogP contribution in [0, 0.1) is 0 Å². The van der Waals surface area contributed by atoms with E-state index >= 15 is 0 Å². The molecule has 4 N–H and O–H groups in total. The molecule has 1 aliphatic rings. The zero-order valence-corrected chi connectivity index (χ0v) is 22.1. The van der Waals surface area contributed by atoms with E-state index in [1.54, 1.807) is 0 Å². The fourth-order valence-electron chi connectivity index (χ4n) is 2.15. The summed E-state index contributed by atoms with van der Waals surface area (Å²) in [5.41, 5.74) is -1.52. The number of nitrogens with zero attached hydrogens (tertiary/aromatic N) is 1. The van der Waals surface area contributed by atoms with Gasteiger partial charge in [0.25, 0.3) is 21.2 Å². The SMILES string of the molecule is O=c1ccn(C2CC(O)C(COP(=O)(O)OP(=O)([O-])OP(=O)([O-])O)O2)c(=O)[nH]1.[Na+].[Na+]. The molecule has 1 aromatic heterocycles. The summed E-state index contributed by atoms with van der Waals surface area (Å²) < 4.78 is 50.2. The van der Waals surface area contributed by atoms with Crippen LogP contribution in [0.3, 0.4) is 0 Å². The van der Waals surface area contributed by atoms with Crippen molar-refractivity contribution in [2.75, 3.05) is 6.61 Å². The van der Waals surface area contributed by atoms with Crippen molar-refractivity contribution < 1.29 is 115 Å². The molecule has 0 amide bonds. The Morgan fingerprint density at radius 1 is 1.20 bits per heavy atom. The van der Waals surface area contributed by atoms with Gasteiger partial charge >= 0.3 is 72.6 Å². The van der Waals surface area contributed by atoms with Crippen molar-refractivity contribution in [3.8, 4) is 0 Å². The van der Waals surface area contributed by atoms with E-state index in [1.165, 1.54) is 0 Å². The van der Waals surface area contributed by atoms with Gasteiger partial charge in [-0.05, 0) is 0 Å². The van der Waals surface area contributed by atoms with Gasteiger partial charge in [0.15, 0.2) is 0 Å². The Labute approximate surface area is 211 Å². The largest absolute Gasteiger partial charge is 1.00 e. The van der Waals surface area contributed by atoms with E-state index in [4.69, 9.17) is 9.63 Å². The van der Waals surface area contributed by atoms with Crippen molar-refractivity contribution in [3.63, 3.8) is 0 Å². The Kier molecular flexibility index (Phi) is 12.3. The topological polar surface area (TPSA) is 250 Å². The second-order valence-electron chi connectivity index (χ2n) is 5.29. The summed E-state index contributed by atoms with van der Waals surface area (Å²) >= 11 is 0. The van der Waals surface area contributed by atoms with Crippen LogP contribution in [0.1, 0.15) is 12.6 Å². The first-order chi connectivity index (χ1) is 12.7. The van der Waals surface area contributed by atoms with Crippen LogP contribution >= 0.6 is 23.5 Å². The summed E-state index contributed by atoms with van der Waals surface area (Å²) in [7, 11) is -17.3. The minimum absolute atomic E-state index is 0. The number of H-pyrrole nitrogens is 1. The first-order valence-electron chi connectivity index (χ1n) is 7.07. The summed E-state index contributed by atoms with van der Waals surface area (Å²) in [4.78, 5) is 63.7. The van der Waals surface area contributed by atoms with E-state index in [0.717, 1.165) is 16.8 Å². The standard InChI is InChI=1S/C9H15N2O14P3.2Na/c12-5-3-8(11-2-1-7(13)10-9(11)14)23-6(5)4-22-27(18,19)25-28(20,21)24-26(15,16)17;;/h1-2,5-6,8,12H,3-4H2,(H,18,19)(H,20,21)(H,10,13,14)(H2,15,16,17);;/q;2*+1/p-2. The zero-order chi connectivity index (χ0) is 21.3. The average molecular weight is 512 g/mol. The number of hydrogen-bond donors (Lipinski definition) is 4. The predicted molar refractivity (Wildman–Crippen MR) is 81.2 cm³/mol. The molecule has 2 heterocycles. The molecule has 16 nitrogen and oxygen atoms in total. The van der Waals surface area contributed by atoms with Crippen molar-refractivity contribution in [2.24, 2.45) is 0 Å². The van der Waals surface area contributed by atoms with Gasteiger partial charge in [-0.15, -0.1) is 0 Å². The van der Waals surface area contributed by atoms with Gasteiger partial charge < -0.3 is 29.4 Å². The molecule has 30 heavy (non-hydrogen) atoms. The number of aliphatic hydroxyl groups is 1. The van der Waals surface area contributed by atoms with Crippen LogP contribution in [0.4, 0.5) is 0 Å². The van der Waals surface area contributed by atoms with E-state index in [9.17, 15) is 43.1 Å². The Morgan fingerprint density at radius 3 is 2.33 bits per heavy atom. The molecule has 1 fully saturated rings. The van der Waals surface area contributed by atoms with Crippen molar-refractivity contribution in [1.29, 1.82) is 0 Å². The van der Waals surface area contributed by atoms with E-state index in [2.05, 4.69) is 13.1 Å². The Bertz CT molecular complexity index is 976. The van der Waals surface area contributed by atoms with Crippen LogP contribution in [-0.4, -0.2) is 43.3 Å². The van der Waals surface area contributed by atoms with Crippen LogP contribution in [0.25, 0.3) is 0 Å². The molecule has 2 rings (SSSR count). The number of aliphatic hydroxyl groups excluding tert-OH is 1. The molecule has 0 radical (unpaired) electrons. The third-order valence-corrected chi connectivity index (χ3v) is 6.90. The normalized spacial score (nSPS) is 27.0. The van der Waals surface area contributed by atoms with Crippen molar-refractivity contribution in [3.05, 3.63) is 33.1 Å². The van der Waals surface area contributed by atoms with Gasteiger partial charge in [0, 0.05) is 18.7 Å². The van der Waals surface area contributed by atoms with E-state index in [0.29, 0.717) is 0 Å². The molecule has 1 aromatic rings.